The van der Waals surface area contributed by atoms with Crippen molar-refractivity contribution in [2.75, 3.05) is 6.61 Å². The van der Waals surface area contributed by atoms with Crippen LogP contribution in [-0.4, -0.2) is 28.6 Å². The molecule has 2 aliphatic rings. The zero-order valence-corrected chi connectivity index (χ0v) is 11.3. The van der Waals surface area contributed by atoms with Crippen LogP contribution in [0.15, 0.2) is 0 Å². The summed E-state index contributed by atoms with van der Waals surface area (Å²) in [5, 5.41) is 0. The summed E-state index contributed by atoms with van der Waals surface area (Å²) in [5.74, 6) is 0.967. The first-order chi connectivity index (χ1) is 7.40. The highest BCUT2D eigenvalue weighted by molar-refractivity contribution is 6.26. The van der Waals surface area contributed by atoms with E-state index in [1.54, 1.807) is 0 Å². The average molecular weight is 228 g/mol. The lowest BCUT2D eigenvalue weighted by atomic mass is 9.86. The van der Waals surface area contributed by atoms with Gasteiger partial charge in [-0.3, -0.25) is 0 Å². The molecule has 1 saturated carbocycles. The number of ether oxygens (including phenoxy) is 1. The van der Waals surface area contributed by atoms with Crippen LogP contribution in [0.4, 0.5) is 0 Å². The van der Waals surface area contributed by atoms with Gasteiger partial charge in [0.25, 0.3) is 0 Å². The zero-order valence-electron chi connectivity index (χ0n) is 9.91. The molecule has 88 valence electrons. The summed E-state index contributed by atoms with van der Waals surface area (Å²) in [6, 6.07) is 1.38. The second kappa shape index (κ2) is 6.02. The summed E-state index contributed by atoms with van der Waals surface area (Å²) >= 11 is 0. The Kier molecular flexibility index (Phi) is 4.66. The number of hydrogen-bond donors (Lipinski definition) is 0. The monoisotopic (exact) mass is 228 g/mol. The van der Waals surface area contributed by atoms with Crippen molar-refractivity contribution in [3.8, 4) is 0 Å². The van der Waals surface area contributed by atoms with Crippen LogP contribution in [0, 0.1) is 5.92 Å². The maximum Gasteiger partial charge on any atom is 0.161 e. The van der Waals surface area contributed by atoms with E-state index < -0.39 is 0 Å². The Morgan fingerprint density at radius 1 is 1.33 bits per heavy atom. The van der Waals surface area contributed by atoms with Crippen LogP contribution in [0.2, 0.25) is 6.04 Å². The Hall–Kier alpha value is 0.137. The van der Waals surface area contributed by atoms with Gasteiger partial charge in [0, 0.05) is 6.61 Å². The predicted molar refractivity (Wildman–Crippen MR) is 64.8 cm³/mol. The molecule has 0 spiro atoms. The second-order valence-corrected chi connectivity index (χ2v) is 6.52. The zero-order chi connectivity index (χ0) is 10.5. The summed E-state index contributed by atoms with van der Waals surface area (Å²) in [7, 11) is -0.180. The molecule has 1 aliphatic carbocycles. The number of hydrogen-bond acceptors (Lipinski definition) is 2. The van der Waals surface area contributed by atoms with Gasteiger partial charge >= 0.3 is 0 Å². The van der Waals surface area contributed by atoms with Crippen molar-refractivity contribution in [3.63, 3.8) is 0 Å². The molecule has 0 bridgehead atoms. The average Bonchev–Trinajstić information content (AvgIpc) is 3.01. The fourth-order valence-corrected chi connectivity index (χ4v) is 3.82. The molecule has 2 rings (SSSR count). The van der Waals surface area contributed by atoms with Crippen LogP contribution in [0.3, 0.4) is 0 Å². The molecule has 3 atom stereocenters. The van der Waals surface area contributed by atoms with E-state index in [4.69, 9.17) is 9.16 Å². The molecule has 1 heterocycles. The predicted octanol–water partition coefficient (Wildman–Crippen LogP) is 2.26. The lowest BCUT2D eigenvalue weighted by molar-refractivity contribution is 0.328. The smallest absolute Gasteiger partial charge is 0.161 e. The van der Waals surface area contributed by atoms with Crippen molar-refractivity contribution >= 4 is 9.76 Å². The van der Waals surface area contributed by atoms with E-state index in [0.29, 0.717) is 12.2 Å². The van der Waals surface area contributed by atoms with Crippen molar-refractivity contribution in [1.82, 2.24) is 0 Å². The van der Waals surface area contributed by atoms with Crippen LogP contribution < -0.4 is 0 Å². The van der Waals surface area contributed by atoms with Gasteiger partial charge in [-0.05, 0) is 37.6 Å². The molecular formula is C12H24O2Si. The lowest BCUT2D eigenvalue weighted by Crippen LogP contribution is -2.13. The van der Waals surface area contributed by atoms with Crippen molar-refractivity contribution in [2.45, 2.75) is 63.7 Å². The molecule has 3 heteroatoms. The van der Waals surface area contributed by atoms with E-state index in [-0.39, 0.29) is 9.76 Å². The minimum atomic E-state index is -0.180. The van der Waals surface area contributed by atoms with E-state index in [1.807, 2.05) is 0 Å². The highest BCUT2D eigenvalue weighted by Gasteiger charge is 2.43. The topological polar surface area (TPSA) is 21.8 Å². The Bertz CT molecular complexity index is 186. The van der Waals surface area contributed by atoms with Crippen LogP contribution in [0.25, 0.3) is 0 Å². The molecule has 0 amide bonds. The van der Waals surface area contributed by atoms with Gasteiger partial charge in [-0.15, -0.1) is 0 Å². The van der Waals surface area contributed by atoms with Crippen molar-refractivity contribution in [3.05, 3.63) is 0 Å². The van der Waals surface area contributed by atoms with Gasteiger partial charge in [-0.25, -0.2) is 0 Å². The molecule has 0 aromatic carbocycles. The third kappa shape index (κ3) is 3.89. The third-order valence-electron chi connectivity index (χ3n) is 3.61. The molecular weight excluding hydrogens is 204 g/mol. The molecule has 1 saturated heterocycles. The Labute approximate surface area is 95.7 Å². The maximum atomic E-state index is 5.62. The molecule has 2 fully saturated rings. The first-order valence-electron chi connectivity index (χ1n) is 6.63. The molecule has 0 aromatic rings. The lowest BCUT2D eigenvalue weighted by Gasteiger charge is -2.18. The largest absolute Gasteiger partial charge is 0.424 e. The van der Waals surface area contributed by atoms with Gasteiger partial charge in [-0.1, -0.05) is 19.8 Å². The van der Waals surface area contributed by atoms with Crippen LogP contribution in [-0.2, 0) is 9.16 Å². The molecule has 0 N–H and O–H groups in total. The van der Waals surface area contributed by atoms with Gasteiger partial charge in [-0.2, -0.15) is 0 Å². The number of fused-ring (bicyclic) bond motifs is 1. The molecule has 15 heavy (non-hydrogen) atoms. The molecule has 2 nitrogen and oxygen atoms in total. The fourth-order valence-electron chi connectivity index (χ4n) is 2.63. The Morgan fingerprint density at radius 3 is 3.07 bits per heavy atom. The minimum Gasteiger partial charge on any atom is -0.424 e. The third-order valence-corrected chi connectivity index (χ3v) is 4.98. The van der Waals surface area contributed by atoms with Gasteiger partial charge in [0.05, 0.1) is 12.2 Å². The highest BCUT2D eigenvalue weighted by Crippen LogP contribution is 2.40. The van der Waals surface area contributed by atoms with Gasteiger partial charge in [0.1, 0.15) is 0 Å². The number of rotatable bonds is 7. The van der Waals surface area contributed by atoms with E-state index in [2.05, 4.69) is 6.92 Å². The van der Waals surface area contributed by atoms with Gasteiger partial charge in [0.2, 0.25) is 0 Å². The first kappa shape index (κ1) is 11.6. The quantitative estimate of drug-likeness (QED) is 0.379. The van der Waals surface area contributed by atoms with Crippen LogP contribution >= 0.6 is 0 Å². The second-order valence-electron chi connectivity index (χ2n) is 5.00. The Balaban J connectivity index is 1.43. The van der Waals surface area contributed by atoms with Crippen LogP contribution in [0.5, 0.6) is 0 Å². The Morgan fingerprint density at radius 2 is 2.27 bits per heavy atom. The summed E-state index contributed by atoms with van der Waals surface area (Å²) < 4.78 is 11.2. The summed E-state index contributed by atoms with van der Waals surface area (Å²) in [6.45, 7) is 3.18. The normalized spacial score (nSPS) is 34.6. The minimum absolute atomic E-state index is 0.180. The number of epoxide rings is 1. The van der Waals surface area contributed by atoms with Crippen molar-refractivity contribution in [1.29, 1.82) is 0 Å². The van der Waals surface area contributed by atoms with Crippen molar-refractivity contribution < 1.29 is 9.16 Å². The molecule has 3 unspecified atom stereocenters. The fraction of sp³-hybridized carbons (Fsp3) is 1.00. The van der Waals surface area contributed by atoms with E-state index in [0.717, 1.165) is 12.5 Å². The van der Waals surface area contributed by atoms with E-state index >= 15 is 0 Å². The first-order valence-corrected chi connectivity index (χ1v) is 8.21. The standard InChI is InChI=1S/C12H24O2Si/c1-2-7-13-15-8-3-4-10-5-6-11-12(9-10)14-11/h10-12H,2-9,15H2,1H3. The highest BCUT2D eigenvalue weighted by atomic mass is 28.2. The summed E-state index contributed by atoms with van der Waals surface area (Å²) in [5.41, 5.74) is 0. The molecule has 1 aliphatic heterocycles. The van der Waals surface area contributed by atoms with Crippen LogP contribution in [0.1, 0.15) is 45.4 Å². The summed E-state index contributed by atoms with van der Waals surface area (Å²) in [4.78, 5) is 0. The maximum absolute atomic E-state index is 5.62. The molecule has 0 aromatic heterocycles. The SMILES string of the molecule is CCCO[SiH2]CCCC1CCC2OC2C1. The van der Waals surface area contributed by atoms with Gasteiger partial charge in [0.15, 0.2) is 9.76 Å². The van der Waals surface area contributed by atoms with E-state index in [1.165, 1.54) is 44.6 Å². The molecule has 0 radical (unpaired) electrons. The van der Waals surface area contributed by atoms with Crippen molar-refractivity contribution in [2.24, 2.45) is 5.92 Å². The van der Waals surface area contributed by atoms with E-state index in [9.17, 15) is 0 Å². The summed E-state index contributed by atoms with van der Waals surface area (Å²) in [6.07, 6.45) is 9.43. The van der Waals surface area contributed by atoms with Gasteiger partial charge < -0.3 is 9.16 Å².